The summed E-state index contributed by atoms with van der Waals surface area (Å²) >= 11 is 0. The smallest absolute Gasteiger partial charge is 0.377 e. The van der Waals surface area contributed by atoms with E-state index in [2.05, 4.69) is 10.6 Å². The van der Waals surface area contributed by atoms with E-state index in [0.717, 1.165) is 12.0 Å². The molecule has 0 aliphatic heterocycles. The average molecular weight is 312 g/mol. The van der Waals surface area contributed by atoms with Gasteiger partial charge in [0.15, 0.2) is 0 Å². The quantitative estimate of drug-likeness (QED) is 0.538. The van der Waals surface area contributed by atoms with Gasteiger partial charge in [-0.2, -0.15) is 0 Å². The van der Waals surface area contributed by atoms with Crippen molar-refractivity contribution in [3.05, 3.63) is 35.9 Å². The van der Waals surface area contributed by atoms with Crippen molar-refractivity contribution in [2.24, 2.45) is 0 Å². The van der Waals surface area contributed by atoms with E-state index >= 15 is 0 Å². The summed E-state index contributed by atoms with van der Waals surface area (Å²) < 4.78 is 15.9. The van der Waals surface area contributed by atoms with Gasteiger partial charge in [0.05, 0.1) is 0 Å². The van der Waals surface area contributed by atoms with Crippen LogP contribution in [0.1, 0.15) is 12.0 Å². The van der Waals surface area contributed by atoms with Crippen molar-refractivity contribution < 1.29 is 18.1 Å². The summed E-state index contributed by atoms with van der Waals surface area (Å²) in [5, 5.41) is 5.61. The van der Waals surface area contributed by atoms with E-state index in [4.69, 9.17) is 13.3 Å². The summed E-state index contributed by atoms with van der Waals surface area (Å²) in [6, 6.07) is 10.2. The highest BCUT2D eigenvalue weighted by Crippen LogP contribution is 2.14. The molecule has 0 radical (unpaired) electrons. The van der Waals surface area contributed by atoms with Crippen LogP contribution in [0.25, 0.3) is 0 Å². The van der Waals surface area contributed by atoms with Gasteiger partial charge in [0.1, 0.15) is 0 Å². The molecule has 0 saturated carbocycles. The van der Waals surface area contributed by atoms with E-state index in [0.29, 0.717) is 19.1 Å². The number of amides is 2. The molecule has 1 aromatic carbocycles. The maximum atomic E-state index is 11.6. The Morgan fingerprint density at radius 3 is 2.24 bits per heavy atom. The minimum Gasteiger partial charge on any atom is -0.377 e. The summed E-state index contributed by atoms with van der Waals surface area (Å²) in [6.45, 7) is 1.06. The first-order valence-electron chi connectivity index (χ1n) is 6.87. The minimum absolute atomic E-state index is 0.182. The Labute approximate surface area is 127 Å². The lowest BCUT2D eigenvalue weighted by atomic mass is 10.2. The first-order valence-corrected chi connectivity index (χ1v) is 8.80. The Kier molecular flexibility index (Phi) is 7.99. The SMILES string of the molecule is CO[Si](CCCNC(=O)NCc1ccccc1)(OC)OC. The molecule has 0 saturated heterocycles. The van der Waals surface area contributed by atoms with Crippen molar-refractivity contribution in [3.63, 3.8) is 0 Å². The van der Waals surface area contributed by atoms with Gasteiger partial charge in [-0.25, -0.2) is 4.79 Å². The molecule has 0 aliphatic rings. The van der Waals surface area contributed by atoms with Gasteiger partial charge in [0.2, 0.25) is 0 Å². The van der Waals surface area contributed by atoms with Crippen LogP contribution >= 0.6 is 0 Å². The second kappa shape index (κ2) is 9.51. The summed E-state index contributed by atoms with van der Waals surface area (Å²) in [7, 11) is 2.22. The molecule has 0 unspecified atom stereocenters. The number of urea groups is 1. The van der Waals surface area contributed by atoms with Crippen LogP contribution in [0.15, 0.2) is 30.3 Å². The summed E-state index contributed by atoms with van der Waals surface area (Å²) in [5.41, 5.74) is 1.07. The molecule has 0 spiro atoms. The standard InChI is InChI=1S/C14H24N2O4Si/c1-18-21(19-2,20-3)11-7-10-15-14(17)16-12-13-8-5-4-6-9-13/h4-6,8-9H,7,10-12H2,1-3H3,(H2,15,16,17). The Morgan fingerprint density at radius 2 is 1.67 bits per heavy atom. The van der Waals surface area contributed by atoms with Gasteiger partial charge in [-0.15, -0.1) is 0 Å². The lowest BCUT2D eigenvalue weighted by Gasteiger charge is -2.24. The van der Waals surface area contributed by atoms with E-state index in [9.17, 15) is 4.79 Å². The molecule has 0 aliphatic carbocycles. The first-order chi connectivity index (χ1) is 10.2. The van der Waals surface area contributed by atoms with Gasteiger partial charge in [0.25, 0.3) is 0 Å². The van der Waals surface area contributed by atoms with Crippen LogP contribution in [0, 0.1) is 0 Å². The highest BCUT2D eigenvalue weighted by Gasteiger charge is 2.36. The predicted octanol–water partition coefficient (Wildman–Crippen LogP) is 1.75. The van der Waals surface area contributed by atoms with Crippen molar-refractivity contribution in [2.45, 2.75) is 19.0 Å². The second-order valence-corrected chi connectivity index (χ2v) is 7.58. The van der Waals surface area contributed by atoms with Gasteiger partial charge < -0.3 is 23.9 Å². The molecular weight excluding hydrogens is 288 g/mol. The average Bonchev–Trinajstić information content (AvgIpc) is 2.55. The number of benzene rings is 1. The number of hydrogen-bond acceptors (Lipinski definition) is 4. The number of carbonyl (C=O) groups is 1. The van der Waals surface area contributed by atoms with Crippen molar-refractivity contribution >= 4 is 14.8 Å². The van der Waals surface area contributed by atoms with Crippen LogP contribution in [0.2, 0.25) is 6.04 Å². The van der Waals surface area contributed by atoms with E-state index < -0.39 is 8.80 Å². The van der Waals surface area contributed by atoms with Crippen molar-refractivity contribution in [1.29, 1.82) is 0 Å². The summed E-state index contributed by atoms with van der Waals surface area (Å²) in [4.78, 5) is 11.6. The molecule has 0 aromatic heterocycles. The molecule has 6 nitrogen and oxygen atoms in total. The maximum absolute atomic E-state index is 11.6. The molecule has 7 heteroatoms. The van der Waals surface area contributed by atoms with Crippen molar-refractivity contribution in [2.75, 3.05) is 27.9 Å². The van der Waals surface area contributed by atoms with Gasteiger partial charge in [0, 0.05) is 40.5 Å². The fourth-order valence-electron chi connectivity index (χ4n) is 1.90. The zero-order valence-corrected chi connectivity index (χ0v) is 13.8. The lowest BCUT2D eigenvalue weighted by Crippen LogP contribution is -2.43. The molecule has 0 heterocycles. The zero-order valence-electron chi connectivity index (χ0n) is 12.8. The van der Waals surface area contributed by atoms with E-state index in [-0.39, 0.29) is 6.03 Å². The van der Waals surface area contributed by atoms with E-state index in [1.54, 1.807) is 21.3 Å². The molecule has 0 bridgehead atoms. The van der Waals surface area contributed by atoms with Crippen LogP contribution in [0.5, 0.6) is 0 Å². The van der Waals surface area contributed by atoms with Gasteiger partial charge >= 0.3 is 14.8 Å². The molecule has 0 fully saturated rings. The highest BCUT2D eigenvalue weighted by atomic mass is 28.4. The lowest BCUT2D eigenvalue weighted by molar-refractivity contribution is 0.123. The molecule has 21 heavy (non-hydrogen) atoms. The molecule has 118 valence electrons. The number of rotatable bonds is 9. The van der Waals surface area contributed by atoms with Gasteiger partial charge in [-0.05, 0) is 12.0 Å². The monoisotopic (exact) mass is 312 g/mol. The fraction of sp³-hybridized carbons (Fsp3) is 0.500. The molecule has 0 atom stereocenters. The van der Waals surface area contributed by atoms with Crippen LogP contribution < -0.4 is 10.6 Å². The van der Waals surface area contributed by atoms with Gasteiger partial charge in [-0.3, -0.25) is 0 Å². The van der Waals surface area contributed by atoms with Gasteiger partial charge in [-0.1, -0.05) is 30.3 Å². The van der Waals surface area contributed by atoms with E-state index in [1.165, 1.54) is 0 Å². The largest absolute Gasteiger partial charge is 0.500 e. The Bertz CT molecular complexity index is 404. The minimum atomic E-state index is -2.53. The van der Waals surface area contributed by atoms with Crippen LogP contribution in [-0.4, -0.2) is 42.7 Å². The van der Waals surface area contributed by atoms with Crippen LogP contribution in [0.3, 0.4) is 0 Å². The summed E-state index contributed by atoms with van der Waals surface area (Å²) in [6.07, 6.45) is 0.737. The maximum Gasteiger partial charge on any atom is 0.500 e. The third-order valence-electron chi connectivity index (χ3n) is 3.17. The molecular formula is C14H24N2O4Si. The summed E-state index contributed by atoms with van der Waals surface area (Å²) in [5.74, 6) is 0. The van der Waals surface area contributed by atoms with Crippen molar-refractivity contribution in [1.82, 2.24) is 10.6 Å². The molecule has 2 amide bonds. The molecule has 1 aromatic rings. The molecule has 1 rings (SSSR count). The third-order valence-corrected chi connectivity index (χ3v) is 6.01. The number of hydrogen-bond donors (Lipinski definition) is 2. The predicted molar refractivity (Wildman–Crippen MR) is 82.9 cm³/mol. The van der Waals surface area contributed by atoms with Crippen molar-refractivity contribution in [3.8, 4) is 0 Å². The Morgan fingerprint density at radius 1 is 1.05 bits per heavy atom. The highest BCUT2D eigenvalue weighted by molar-refractivity contribution is 6.60. The Balaban J connectivity index is 2.19. The third kappa shape index (κ3) is 6.26. The fourth-order valence-corrected chi connectivity index (χ4v) is 3.63. The molecule has 2 N–H and O–H groups in total. The topological polar surface area (TPSA) is 68.8 Å². The second-order valence-electron chi connectivity index (χ2n) is 4.49. The Hall–Kier alpha value is -1.41. The zero-order chi connectivity index (χ0) is 15.6. The van der Waals surface area contributed by atoms with E-state index in [1.807, 2.05) is 30.3 Å². The number of carbonyl (C=O) groups excluding carboxylic acids is 1. The van der Waals surface area contributed by atoms with Crippen LogP contribution in [-0.2, 0) is 19.8 Å². The first kappa shape index (κ1) is 17.6. The number of nitrogens with one attached hydrogen (secondary N) is 2. The normalized spacial score (nSPS) is 11.2. The van der Waals surface area contributed by atoms with Crippen LogP contribution in [0.4, 0.5) is 4.79 Å².